The van der Waals surface area contributed by atoms with Crippen molar-refractivity contribution in [3.05, 3.63) is 142 Å². The van der Waals surface area contributed by atoms with Crippen LogP contribution in [0.1, 0.15) is 137 Å². The van der Waals surface area contributed by atoms with Crippen molar-refractivity contribution < 1.29 is 39.9 Å². The van der Waals surface area contributed by atoms with Gasteiger partial charge in [0.15, 0.2) is 5.78 Å². The second-order valence-corrected chi connectivity index (χ2v) is 18.4. The van der Waals surface area contributed by atoms with Gasteiger partial charge in [0.1, 0.15) is 0 Å². The molecule has 0 aliphatic heterocycles. The van der Waals surface area contributed by atoms with Crippen LogP contribution < -0.4 is 0 Å². The Kier molecular flexibility index (Phi) is 17.8. The summed E-state index contributed by atoms with van der Waals surface area (Å²) in [6.45, 7) is 13.5. The maximum Gasteiger partial charge on any atom is 0.162 e. The minimum Gasteiger partial charge on any atom is -0.512 e. The van der Waals surface area contributed by atoms with Gasteiger partial charge in [0.05, 0.1) is 17.9 Å². The fraction of sp³-hybridized carbons (Fsp3) is 0.441. The Labute approximate surface area is 409 Å². The van der Waals surface area contributed by atoms with E-state index in [9.17, 15) is 14.3 Å². The van der Waals surface area contributed by atoms with Gasteiger partial charge in [-0.1, -0.05) is 136 Å². The van der Waals surface area contributed by atoms with Crippen molar-refractivity contribution in [2.45, 2.75) is 138 Å². The van der Waals surface area contributed by atoms with Gasteiger partial charge in [0.2, 0.25) is 0 Å². The number of benzene rings is 4. The van der Waals surface area contributed by atoms with Gasteiger partial charge in [0, 0.05) is 50.4 Å². The topological polar surface area (TPSA) is 63.1 Å². The van der Waals surface area contributed by atoms with Crippen molar-refractivity contribution >= 4 is 27.3 Å². The Hall–Kier alpha value is -4.51. The molecule has 8 rings (SSSR count). The van der Waals surface area contributed by atoms with Crippen LogP contribution in [0.2, 0.25) is 0 Å². The molecule has 1 N–H and O–H groups in total. The van der Waals surface area contributed by atoms with Gasteiger partial charge >= 0.3 is 0 Å². The average molecular weight is 1060 g/mol. The molecule has 2 aliphatic rings. The van der Waals surface area contributed by atoms with Crippen LogP contribution in [0.25, 0.3) is 44.1 Å². The van der Waals surface area contributed by atoms with E-state index in [0.717, 1.165) is 104 Å². The third kappa shape index (κ3) is 14.5. The maximum absolute atomic E-state index is 12.2. The number of fused-ring (bicyclic) bond motifs is 2. The second-order valence-electron chi connectivity index (χ2n) is 18.4. The van der Waals surface area contributed by atoms with E-state index in [1.807, 2.05) is 34.6 Å². The smallest absolute Gasteiger partial charge is 0.162 e. The summed E-state index contributed by atoms with van der Waals surface area (Å²) in [5, 5.41) is 13.3. The number of aliphatic hydroxyl groups is 1. The van der Waals surface area contributed by atoms with Crippen molar-refractivity contribution in [1.29, 1.82) is 0 Å². The Morgan fingerprint density at radius 3 is 1.52 bits per heavy atom. The van der Waals surface area contributed by atoms with Crippen LogP contribution in [0.15, 0.2) is 96.9 Å². The fourth-order valence-corrected chi connectivity index (χ4v) is 9.78. The number of nitrogens with zero attached hydrogens (tertiary/aromatic N) is 2. The molecule has 0 amide bonds. The van der Waals surface area contributed by atoms with E-state index in [4.69, 9.17) is 5.48 Å². The Morgan fingerprint density at radius 2 is 1.14 bits per heavy atom. The van der Waals surface area contributed by atoms with Gasteiger partial charge in [-0.25, -0.2) is 0 Å². The first-order valence-corrected chi connectivity index (χ1v) is 23.9. The van der Waals surface area contributed by atoms with Gasteiger partial charge in [-0.15, -0.1) is 69.8 Å². The van der Waals surface area contributed by atoms with E-state index in [-0.39, 0.29) is 74.3 Å². The van der Waals surface area contributed by atoms with Crippen LogP contribution in [0.5, 0.6) is 0 Å². The summed E-state index contributed by atoms with van der Waals surface area (Å²) in [6, 6.07) is 28.2. The minimum absolute atomic E-state index is 0. The van der Waals surface area contributed by atoms with Crippen LogP contribution in [0, 0.1) is 63.5 Å². The molecule has 1 unspecified atom stereocenters. The second kappa shape index (κ2) is 25.4. The molecule has 2 heterocycles. The van der Waals surface area contributed by atoms with Crippen molar-refractivity contribution in [1.82, 2.24) is 9.97 Å². The molecule has 6 heteroatoms. The summed E-state index contributed by atoms with van der Waals surface area (Å²) in [6.07, 6.45) is 16.7. The third-order valence-electron chi connectivity index (χ3n) is 13.2. The molecule has 2 aromatic heterocycles. The van der Waals surface area contributed by atoms with Crippen LogP contribution in [-0.2, 0) is 37.7 Å². The summed E-state index contributed by atoms with van der Waals surface area (Å²) >= 11 is 0. The molecule has 1 atom stereocenters. The number of aryl methyl sites for hydroxylation is 4. The molecule has 2 fully saturated rings. The molecule has 347 valence electrons. The molecule has 0 bridgehead atoms. The Bertz CT molecular complexity index is 2520. The molecule has 4 nitrogen and oxygen atoms in total. The quantitative estimate of drug-likeness (QED) is 0.0671. The summed E-state index contributed by atoms with van der Waals surface area (Å²) in [7, 11) is 0. The molecule has 2 aliphatic carbocycles. The van der Waals surface area contributed by atoms with Gasteiger partial charge in [-0.05, 0) is 107 Å². The molecule has 65 heavy (non-hydrogen) atoms. The predicted molar refractivity (Wildman–Crippen MR) is 266 cm³/mol. The van der Waals surface area contributed by atoms with Crippen LogP contribution in [0.4, 0.5) is 4.39 Å². The zero-order chi connectivity index (χ0) is 49.1. The van der Waals surface area contributed by atoms with Gasteiger partial charge in [-0.2, -0.15) is 0 Å². The van der Waals surface area contributed by atoms with Gasteiger partial charge in [0.25, 0.3) is 0 Å². The number of aromatic nitrogens is 2. The minimum atomic E-state index is -0.463. The van der Waals surface area contributed by atoms with Crippen molar-refractivity contribution in [2.24, 2.45) is 23.7 Å². The molecular weight excluding hydrogens is 980 g/mol. The fourth-order valence-electron chi connectivity index (χ4n) is 9.78. The SMILES string of the molecule is CCC(CC)C(=O)/C=C(\O)C(CC)CCF.[2H]c1nc(-c2[c-]c(C)cc(C)c2)c2ccc(CC3CCCC3)cc2c1[2H].[2H]c1nc(-c2[c-]c(C)cc(C)c2)c2ccc(CC3CCCC3)cc2c1[2H].[Ir]. The molecule has 4 aromatic carbocycles. The van der Waals surface area contributed by atoms with E-state index < -0.39 is 6.67 Å². The number of carbonyl (C=O) groups is 1. The predicted octanol–water partition coefficient (Wildman–Crippen LogP) is 15.9. The number of hydrogen-bond acceptors (Lipinski definition) is 4. The molecule has 0 saturated heterocycles. The number of rotatable bonds is 14. The van der Waals surface area contributed by atoms with Gasteiger partial charge in [-0.3, -0.25) is 9.18 Å². The van der Waals surface area contributed by atoms with E-state index in [2.05, 4.69) is 96.6 Å². The molecule has 2 saturated carbocycles. The number of carbonyl (C=O) groups excluding carboxylic acids is 1. The van der Waals surface area contributed by atoms with Crippen LogP contribution in [0.3, 0.4) is 0 Å². The maximum atomic E-state index is 12.2. The first-order valence-electron chi connectivity index (χ1n) is 25.9. The molecular formula is C59H71FIrN2O2-2. The van der Waals surface area contributed by atoms with E-state index >= 15 is 0 Å². The summed E-state index contributed by atoms with van der Waals surface area (Å²) < 4.78 is 45.3. The van der Waals surface area contributed by atoms with E-state index in [0.29, 0.717) is 6.42 Å². The zero-order valence-corrected chi connectivity index (χ0v) is 42.1. The van der Waals surface area contributed by atoms with Crippen molar-refractivity contribution in [3.63, 3.8) is 0 Å². The van der Waals surface area contributed by atoms with Gasteiger partial charge < -0.3 is 15.1 Å². The van der Waals surface area contributed by atoms with E-state index in [1.165, 1.54) is 68.6 Å². The third-order valence-corrected chi connectivity index (χ3v) is 13.2. The average Bonchev–Trinajstić information content (AvgIpc) is 4.03. The molecule has 1 radical (unpaired) electrons. The largest absolute Gasteiger partial charge is 0.512 e. The number of pyridine rings is 2. The van der Waals surface area contributed by atoms with E-state index in [1.54, 1.807) is 0 Å². The van der Waals surface area contributed by atoms with Crippen molar-refractivity contribution in [2.75, 3.05) is 6.67 Å². The molecule has 0 spiro atoms. The summed E-state index contributed by atoms with van der Waals surface area (Å²) in [5.41, 5.74) is 10.3. The zero-order valence-electron chi connectivity index (χ0n) is 43.7. The first-order chi connectivity index (χ1) is 32.6. The number of aliphatic hydroxyl groups excluding tert-OH is 1. The number of alkyl halides is 1. The molecule has 6 aromatic rings. The number of hydrogen-bond donors (Lipinski definition) is 1. The van der Waals surface area contributed by atoms with Crippen LogP contribution in [-0.4, -0.2) is 27.5 Å². The number of ketones is 1. The summed E-state index contributed by atoms with van der Waals surface area (Å²) in [5.74, 6) is 1.29. The number of allylic oxidation sites excluding steroid dienone is 2. The first kappa shape index (κ1) is 45.6. The normalized spacial score (nSPS) is 15.6. The summed E-state index contributed by atoms with van der Waals surface area (Å²) in [4.78, 5) is 20.6. The monoisotopic (exact) mass is 1060 g/mol. The van der Waals surface area contributed by atoms with Crippen molar-refractivity contribution in [3.8, 4) is 22.5 Å². The van der Waals surface area contributed by atoms with Crippen LogP contribution >= 0.6 is 0 Å². The standard InChI is InChI=1S/2C23H24N.C13H23FO2.Ir/c2*1-16-11-17(2)13-21(12-16)23-22-8-7-19(14-18-5-3-4-6-18)15-20(22)9-10-24-23;1-4-10(5-2)12(15)9-13(16)11(6-3)7-8-14;/h2*7-12,15,18H,3-6,14H2,1-2H3;9-11,16H,4-8H2,1-3H3;/q2*-1;;/b;;13-9-;/i2*9D,10D;;. The Morgan fingerprint density at radius 1 is 0.708 bits per heavy atom. The Balaban J connectivity index is 0.000000199. The number of halogens is 1.